The van der Waals surface area contributed by atoms with Gasteiger partial charge in [0.05, 0.1) is 14.2 Å². The monoisotopic (exact) mass is 340 g/mol. The van der Waals surface area contributed by atoms with Crippen molar-refractivity contribution in [2.45, 2.75) is 31.8 Å². The van der Waals surface area contributed by atoms with Crippen LogP contribution in [0.15, 0.2) is 42.5 Å². The summed E-state index contributed by atoms with van der Waals surface area (Å²) in [6.45, 7) is 1.41. The van der Waals surface area contributed by atoms with E-state index in [9.17, 15) is 0 Å². The van der Waals surface area contributed by atoms with Gasteiger partial charge < -0.3 is 20.5 Å². The quantitative estimate of drug-likeness (QED) is 0.776. The van der Waals surface area contributed by atoms with Crippen molar-refractivity contribution >= 4 is 0 Å². The Labute approximate surface area is 150 Å². The summed E-state index contributed by atoms with van der Waals surface area (Å²) in [4.78, 5) is 0. The highest BCUT2D eigenvalue weighted by molar-refractivity contribution is 5.38. The lowest BCUT2D eigenvalue weighted by Gasteiger charge is -2.21. The number of nitrogens with one attached hydrogen (secondary N) is 1. The number of rotatable bonds is 8. The van der Waals surface area contributed by atoms with Crippen LogP contribution in [0.5, 0.6) is 11.5 Å². The molecule has 2 aromatic carbocycles. The third-order valence-electron chi connectivity index (χ3n) is 5.04. The van der Waals surface area contributed by atoms with Crippen LogP contribution in [0, 0.1) is 5.92 Å². The third-order valence-corrected chi connectivity index (χ3v) is 5.04. The first kappa shape index (κ1) is 17.8. The van der Waals surface area contributed by atoms with E-state index in [4.69, 9.17) is 15.2 Å². The third kappa shape index (κ3) is 4.53. The van der Waals surface area contributed by atoms with Crippen molar-refractivity contribution in [3.8, 4) is 11.5 Å². The first-order valence-corrected chi connectivity index (χ1v) is 8.94. The van der Waals surface area contributed by atoms with Crippen molar-refractivity contribution in [2.75, 3.05) is 20.8 Å². The first-order chi connectivity index (χ1) is 12.2. The van der Waals surface area contributed by atoms with Crippen LogP contribution in [0.3, 0.4) is 0 Å². The minimum Gasteiger partial charge on any atom is -0.497 e. The lowest BCUT2D eigenvalue weighted by molar-refractivity contribution is 0.386. The molecule has 1 aliphatic carbocycles. The Morgan fingerprint density at radius 1 is 1.04 bits per heavy atom. The second-order valence-electron chi connectivity index (χ2n) is 6.81. The fourth-order valence-electron chi connectivity index (χ4n) is 3.71. The van der Waals surface area contributed by atoms with Crippen molar-refractivity contribution in [1.82, 2.24) is 5.32 Å². The molecule has 0 fully saturated rings. The lowest BCUT2D eigenvalue weighted by atomic mass is 9.96. The molecule has 1 atom stereocenters. The Hall–Kier alpha value is -2.04. The Morgan fingerprint density at radius 3 is 2.16 bits per heavy atom. The molecule has 0 aliphatic heterocycles. The Morgan fingerprint density at radius 2 is 1.64 bits per heavy atom. The molecule has 0 amide bonds. The van der Waals surface area contributed by atoms with E-state index in [-0.39, 0.29) is 0 Å². The zero-order valence-corrected chi connectivity index (χ0v) is 15.1. The van der Waals surface area contributed by atoms with Crippen molar-refractivity contribution in [3.63, 3.8) is 0 Å². The van der Waals surface area contributed by atoms with Crippen molar-refractivity contribution in [3.05, 3.63) is 59.2 Å². The summed E-state index contributed by atoms with van der Waals surface area (Å²) < 4.78 is 10.7. The van der Waals surface area contributed by atoms with Crippen LogP contribution >= 0.6 is 0 Å². The minimum atomic E-state index is 0.316. The van der Waals surface area contributed by atoms with Gasteiger partial charge in [0.2, 0.25) is 0 Å². The van der Waals surface area contributed by atoms with Crippen LogP contribution in [0.25, 0.3) is 0 Å². The summed E-state index contributed by atoms with van der Waals surface area (Å²) in [5, 5.41) is 3.61. The molecular formula is C21H28N2O2. The van der Waals surface area contributed by atoms with E-state index in [1.54, 1.807) is 14.2 Å². The van der Waals surface area contributed by atoms with Crippen LogP contribution < -0.4 is 20.5 Å². The topological polar surface area (TPSA) is 56.5 Å². The van der Waals surface area contributed by atoms with Gasteiger partial charge in [-0.1, -0.05) is 24.3 Å². The van der Waals surface area contributed by atoms with E-state index < -0.39 is 0 Å². The summed E-state index contributed by atoms with van der Waals surface area (Å²) in [6.07, 6.45) is 3.44. The van der Waals surface area contributed by atoms with Crippen molar-refractivity contribution in [1.29, 1.82) is 0 Å². The molecule has 134 valence electrons. The second kappa shape index (κ2) is 8.37. The predicted molar refractivity (Wildman–Crippen MR) is 101 cm³/mol. The molecule has 25 heavy (non-hydrogen) atoms. The van der Waals surface area contributed by atoms with Crippen LogP contribution in [-0.2, 0) is 19.4 Å². The molecule has 2 aromatic rings. The molecule has 4 heteroatoms. The van der Waals surface area contributed by atoms with Gasteiger partial charge in [-0.2, -0.15) is 0 Å². The summed E-state index contributed by atoms with van der Waals surface area (Å²) in [5.74, 6) is 2.30. The van der Waals surface area contributed by atoms with Crippen molar-refractivity contribution < 1.29 is 9.47 Å². The number of ether oxygens (including phenoxy) is 2. The summed E-state index contributed by atoms with van der Waals surface area (Å²) >= 11 is 0. The minimum absolute atomic E-state index is 0.316. The van der Waals surface area contributed by atoms with E-state index in [2.05, 4.69) is 29.6 Å². The highest BCUT2D eigenvalue weighted by Crippen LogP contribution is 2.29. The highest BCUT2D eigenvalue weighted by atomic mass is 16.5. The molecule has 0 radical (unpaired) electrons. The molecule has 1 aliphatic rings. The highest BCUT2D eigenvalue weighted by Gasteiger charge is 2.23. The number of fused-ring (bicyclic) bond motifs is 1. The molecule has 0 saturated carbocycles. The molecule has 0 spiro atoms. The van der Waals surface area contributed by atoms with Gasteiger partial charge in [-0.3, -0.25) is 0 Å². The maximum Gasteiger partial charge on any atom is 0.122 e. The van der Waals surface area contributed by atoms with Crippen LogP contribution in [0.2, 0.25) is 0 Å². The Balaban J connectivity index is 1.56. The van der Waals surface area contributed by atoms with Gasteiger partial charge in [-0.15, -0.1) is 0 Å². The fraction of sp³-hybridized carbons (Fsp3) is 0.429. The number of benzene rings is 2. The average molecular weight is 340 g/mol. The second-order valence-corrected chi connectivity index (χ2v) is 6.81. The Kier molecular flexibility index (Phi) is 5.95. The standard InChI is InChI=1S/C21H28N2O2/c1-24-20-10-16(11-21(12-20)25-2)14-23-19(13-22)9-15-7-17-5-3-4-6-18(17)8-15/h3-6,10-12,15,19,23H,7-9,13-14,22H2,1-2H3. The molecule has 0 saturated heterocycles. The predicted octanol–water partition coefficient (Wildman–Crippen LogP) is 2.93. The number of nitrogens with two attached hydrogens (primary N) is 1. The number of methoxy groups -OCH3 is 2. The van der Waals surface area contributed by atoms with Crippen LogP contribution in [0.1, 0.15) is 23.1 Å². The van der Waals surface area contributed by atoms with Gasteiger partial charge >= 0.3 is 0 Å². The maximum atomic E-state index is 6.02. The van der Waals surface area contributed by atoms with Crippen LogP contribution in [0.4, 0.5) is 0 Å². The molecule has 3 rings (SSSR count). The number of hydrogen-bond acceptors (Lipinski definition) is 4. The molecule has 4 nitrogen and oxygen atoms in total. The maximum absolute atomic E-state index is 6.02. The van der Waals surface area contributed by atoms with Crippen LogP contribution in [-0.4, -0.2) is 26.8 Å². The molecule has 0 bridgehead atoms. The smallest absolute Gasteiger partial charge is 0.122 e. The van der Waals surface area contributed by atoms with Gasteiger partial charge in [0.1, 0.15) is 11.5 Å². The van der Waals surface area contributed by atoms with E-state index in [1.807, 2.05) is 18.2 Å². The van der Waals surface area contributed by atoms with E-state index in [1.165, 1.54) is 24.0 Å². The SMILES string of the molecule is COc1cc(CNC(CN)CC2Cc3ccccc3C2)cc(OC)c1. The summed E-state index contributed by atoms with van der Waals surface area (Å²) in [6, 6.07) is 15.1. The van der Waals surface area contributed by atoms with Gasteiger partial charge in [-0.25, -0.2) is 0 Å². The van der Waals surface area contributed by atoms with Gasteiger partial charge in [0.15, 0.2) is 0 Å². The Bertz CT molecular complexity index is 655. The molecule has 1 unspecified atom stereocenters. The average Bonchev–Trinajstić information content (AvgIpc) is 3.07. The first-order valence-electron chi connectivity index (χ1n) is 8.94. The summed E-state index contributed by atoms with van der Waals surface area (Å²) in [5.41, 5.74) is 10.2. The summed E-state index contributed by atoms with van der Waals surface area (Å²) in [7, 11) is 3.35. The molecule has 3 N–H and O–H groups in total. The lowest BCUT2D eigenvalue weighted by Crippen LogP contribution is -2.37. The molecule has 0 heterocycles. The van der Waals surface area contributed by atoms with Gasteiger partial charge in [0.25, 0.3) is 0 Å². The van der Waals surface area contributed by atoms with E-state index >= 15 is 0 Å². The van der Waals surface area contributed by atoms with E-state index in [0.717, 1.165) is 30.0 Å². The van der Waals surface area contributed by atoms with Crippen molar-refractivity contribution in [2.24, 2.45) is 11.7 Å². The zero-order valence-electron chi connectivity index (χ0n) is 15.1. The van der Waals surface area contributed by atoms with Gasteiger partial charge in [-0.05, 0) is 54.0 Å². The normalized spacial score (nSPS) is 15.0. The zero-order chi connectivity index (χ0) is 17.6. The number of hydrogen-bond donors (Lipinski definition) is 2. The largest absolute Gasteiger partial charge is 0.497 e. The fourth-order valence-corrected chi connectivity index (χ4v) is 3.71. The molecular weight excluding hydrogens is 312 g/mol. The van der Waals surface area contributed by atoms with E-state index in [0.29, 0.717) is 18.5 Å². The molecule has 0 aromatic heterocycles. The van der Waals surface area contributed by atoms with Gasteiger partial charge in [0, 0.05) is 25.2 Å².